The zero-order chi connectivity index (χ0) is 8.58. The maximum absolute atomic E-state index is 11.5. The van der Waals surface area contributed by atoms with Gasteiger partial charge in [-0.25, -0.2) is 0 Å². The monoisotopic (exact) mass is 162 g/mol. The summed E-state index contributed by atoms with van der Waals surface area (Å²) in [4.78, 5) is 9.61. The maximum Gasteiger partial charge on any atom is 0.456 e. The number of Topliss-reactive ketones (excluding diaryl/α,β-unsaturated/α-hetero) is 1. The number of hydrogen-bond acceptors (Lipinski definition) is 1. The van der Waals surface area contributed by atoms with Gasteiger partial charge in [0.1, 0.15) is 0 Å². The smallest absolute Gasteiger partial charge is 0.283 e. The second-order valence-corrected chi connectivity index (χ2v) is 1.72. The molecule has 0 spiro atoms. The van der Waals surface area contributed by atoms with Gasteiger partial charge in [0.25, 0.3) is 0 Å². The molecular weight excluding hydrogens is 159 g/mol. The van der Waals surface area contributed by atoms with Crippen LogP contribution in [0, 0.1) is 0 Å². The lowest BCUT2D eigenvalue weighted by Crippen LogP contribution is -2.37. The van der Waals surface area contributed by atoms with E-state index in [4.69, 9.17) is 0 Å². The van der Waals surface area contributed by atoms with Crippen LogP contribution in [0.1, 0.15) is 6.92 Å². The van der Waals surface area contributed by atoms with Gasteiger partial charge >= 0.3 is 17.9 Å². The topological polar surface area (TPSA) is 17.1 Å². The van der Waals surface area contributed by atoms with Crippen LogP contribution >= 0.6 is 0 Å². The zero-order valence-electron chi connectivity index (χ0n) is 4.80. The lowest BCUT2D eigenvalue weighted by molar-refractivity contribution is -0.193. The van der Waals surface area contributed by atoms with E-state index in [0.29, 0.717) is 0 Å². The van der Waals surface area contributed by atoms with Gasteiger partial charge < -0.3 is 0 Å². The molecule has 0 aliphatic rings. The lowest BCUT2D eigenvalue weighted by Gasteiger charge is -2.10. The van der Waals surface area contributed by atoms with Crippen LogP contribution in [0.25, 0.3) is 0 Å². The van der Waals surface area contributed by atoms with E-state index in [9.17, 15) is 26.7 Å². The van der Waals surface area contributed by atoms with Crippen LogP contribution in [0.15, 0.2) is 0 Å². The minimum absolute atomic E-state index is 0.0944. The Kier molecular flexibility index (Phi) is 2.03. The van der Waals surface area contributed by atoms with Crippen molar-refractivity contribution < 1.29 is 26.7 Å². The van der Waals surface area contributed by atoms with E-state index < -0.39 is 17.9 Å². The van der Waals surface area contributed by atoms with Crippen molar-refractivity contribution in [2.45, 2.75) is 19.0 Å². The SMILES string of the molecule is CC(F)(F)C(=O)C(F)(F)F. The van der Waals surface area contributed by atoms with Gasteiger partial charge in [0.2, 0.25) is 0 Å². The highest BCUT2D eigenvalue weighted by atomic mass is 19.4. The molecule has 0 aromatic heterocycles. The predicted octanol–water partition coefficient (Wildman–Crippen LogP) is 1.77. The summed E-state index contributed by atoms with van der Waals surface area (Å²) in [6.07, 6.45) is -5.45. The summed E-state index contributed by atoms with van der Waals surface area (Å²) < 4.78 is 56.4. The standard InChI is InChI=1S/C4H3F5O/c1-3(5,6)2(10)4(7,8)9/h1H3. The molecule has 0 fully saturated rings. The molecule has 10 heavy (non-hydrogen) atoms. The summed E-state index contributed by atoms with van der Waals surface area (Å²) >= 11 is 0. The number of halogens is 5. The molecule has 0 amide bonds. The molecule has 0 rings (SSSR count). The Balaban J connectivity index is 4.40. The zero-order valence-corrected chi connectivity index (χ0v) is 4.80. The van der Waals surface area contributed by atoms with E-state index in [1.807, 2.05) is 0 Å². The highest BCUT2D eigenvalue weighted by Gasteiger charge is 2.51. The van der Waals surface area contributed by atoms with Crippen molar-refractivity contribution in [2.24, 2.45) is 0 Å². The summed E-state index contributed by atoms with van der Waals surface area (Å²) in [6.45, 7) is -0.0944. The molecule has 0 unspecified atom stereocenters. The maximum atomic E-state index is 11.5. The van der Waals surface area contributed by atoms with Crippen LogP contribution in [-0.4, -0.2) is 17.9 Å². The highest BCUT2D eigenvalue weighted by Crippen LogP contribution is 2.26. The first kappa shape index (κ1) is 9.32. The highest BCUT2D eigenvalue weighted by molar-refractivity contribution is 5.90. The lowest BCUT2D eigenvalue weighted by atomic mass is 10.2. The third-order valence-electron chi connectivity index (χ3n) is 0.656. The molecule has 0 saturated heterocycles. The fourth-order valence-corrected chi connectivity index (χ4v) is 0.249. The molecule has 0 saturated carbocycles. The molecular formula is C4H3F5O. The van der Waals surface area contributed by atoms with Crippen molar-refractivity contribution in [3.8, 4) is 0 Å². The molecule has 0 aliphatic heterocycles. The summed E-state index contributed by atoms with van der Waals surface area (Å²) in [5.74, 6) is -7.34. The van der Waals surface area contributed by atoms with E-state index in [0.717, 1.165) is 0 Å². The Labute approximate surface area is 52.8 Å². The third kappa shape index (κ3) is 2.28. The van der Waals surface area contributed by atoms with E-state index in [1.165, 1.54) is 0 Å². The van der Waals surface area contributed by atoms with E-state index in [1.54, 1.807) is 0 Å². The minimum Gasteiger partial charge on any atom is -0.283 e. The largest absolute Gasteiger partial charge is 0.456 e. The van der Waals surface area contributed by atoms with E-state index in [2.05, 4.69) is 0 Å². The molecule has 0 heterocycles. The Morgan fingerprint density at radius 3 is 1.40 bits per heavy atom. The minimum atomic E-state index is -5.45. The van der Waals surface area contributed by atoms with Gasteiger partial charge in [0.05, 0.1) is 0 Å². The second kappa shape index (κ2) is 2.17. The molecule has 0 bridgehead atoms. The van der Waals surface area contributed by atoms with Crippen LogP contribution in [0.3, 0.4) is 0 Å². The number of rotatable bonds is 1. The van der Waals surface area contributed by atoms with Crippen molar-refractivity contribution in [3.05, 3.63) is 0 Å². The van der Waals surface area contributed by atoms with Crippen LogP contribution in [0.2, 0.25) is 0 Å². The first-order valence-corrected chi connectivity index (χ1v) is 2.15. The van der Waals surface area contributed by atoms with Gasteiger partial charge in [-0.05, 0) is 0 Å². The number of hydrogen-bond donors (Lipinski definition) is 0. The van der Waals surface area contributed by atoms with Gasteiger partial charge in [-0.1, -0.05) is 0 Å². The number of alkyl halides is 5. The van der Waals surface area contributed by atoms with E-state index >= 15 is 0 Å². The summed E-state index contributed by atoms with van der Waals surface area (Å²) in [5.41, 5.74) is 0. The normalized spacial score (nSPS) is 13.4. The molecule has 0 radical (unpaired) electrons. The third-order valence-corrected chi connectivity index (χ3v) is 0.656. The Morgan fingerprint density at radius 1 is 1.10 bits per heavy atom. The first-order chi connectivity index (χ1) is 4.15. The Hall–Kier alpha value is -0.680. The summed E-state index contributed by atoms with van der Waals surface area (Å²) in [7, 11) is 0. The van der Waals surface area contributed by atoms with Crippen LogP contribution < -0.4 is 0 Å². The molecule has 0 aliphatic carbocycles. The molecule has 1 nitrogen and oxygen atoms in total. The van der Waals surface area contributed by atoms with Gasteiger partial charge in [-0.3, -0.25) is 4.79 Å². The molecule has 6 heteroatoms. The second-order valence-electron chi connectivity index (χ2n) is 1.72. The van der Waals surface area contributed by atoms with Crippen LogP contribution in [-0.2, 0) is 4.79 Å². The quantitative estimate of drug-likeness (QED) is 0.537. The molecule has 0 aromatic carbocycles. The fraction of sp³-hybridized carbons (Fsp3) is 0.750. The van der Waals surface area contributed by atoms with Gasteiger partial charge in [0, 0.05) is 6.92 Å². The first-order valence-electron chi connectivity index (χ1n) is 2.15. The summed E-state index contributed by atoms with van der Waals surface area (Å²) in [5, 5.41) is 0. The van der Waals surface area contributed by atoms with Crippen molar-refractivity contribution in [2.75, 3.05) is 0 Å². The number of ketones is 1. The average molecular weight is 162 g/mol. The average Bonchev–Trinajstić information content (AvgIpc) is 1.59. The van der Waals surface area contributed by atoms with Crippen molar-refractivity contribution in [3.63, 3.8) is 0 Å². The van der Waals surface area contributed by atoms with Gasteiger partial charge in [-0.2, -0.15) is 22.0 Å². The number of carbonyl (C=O) groups is 1. The van der Waals surface area contributed by atoms with E-state index in [-0.39, 0.29) is 6.92 Å². The van der Waals surface area contributed by atoms with Gasteiger partial charge in [-0.15, -0.1) is 0 Å². The fourth-order valence-electron chi connectivity index (χ4n) is 0.249. The molecule has 0 N–H and O–H groups in total. The van der Waals surface area contributed by atoms with Crippen molar-refractivity contribution >= 4 is 5.78 Å². The van der Waals surface area contributed by atoms with Gasteiger partial charge in [0.15, 0.2) is 0 Å². The van der Waals surface area contributed by atoms with Crippen LogP contribution in [0.4, 0.5) is 22.0 Å². The van der Waals surface area contributed by atoms with Crippen molar-refractivity contribution in [1.29, 1.82) is 0 Å². The predicted molar refractivity (Wildman–Crippen MR) is 21.7 cm³/mol. The molecule has 0 atom stereocenters. The summed E-state index contributed by atoms with van der Waals surface area (Å²) in [6, 6.07) is 0. The number of carbonyl (C=O) groups excluding carboxylic acids is 1. The van der Waals surface area contributed by atoms with Crippen molar-refractivity contribution in [1.82, 2.24) is 0 Å². The molecule has 0 aromatic rings. The van der Waals surface area contributed by atoms with Crippen LogP contribution in [0.5, 0.6) is 0 Å². The Bertz CT molecular complexity index is 125. The molecule has 60 valence electrons. The Morgan fingerprint density at radius 2 is 1.40 bits per heavy atom.